The first-order valence-electron chi connectivity index (χ1n) is 7.93. The molecule has 124 valence electrons. The second-order valence-corrected chi connectivity index (χ2v) is 5.64. The number of nitrogens with zero attached hydrogens (tertiary/aromatic N) is 3. The third kappa shape index (κ3) is 4.07. The summed E-state index contributed by atoms with van der Waals surface area (Å²) < 4.78 is 18.7. The van der Waals surface area contributed by atoms with Crippen molar-refractivity contribution in [2.24, 2.45) is 0 Å². The molecule has 1 atom stereocenters. The van der Waals surface area contributed by atoms with Crippen molar-refractivity contribution in [1.29, 1.82) is 5.26 Å². The van der Waals surface area contributed by atoms with Crippen molar-refractivity contribution >= 4 is 5.82 Å². The third-order valence-electron chi connectivity index (χ3n) is 4.11. The van der Waals surface area contributed by atoms with Gasteiger partial charge < -0.3 is 10.1 Å². The number of pyridine rings is 1. The largest absolute Gasteiger partial charge is 0.379 e. The van der Waals surface area contributed by atoms with Gasteiger partial charge in [0.05, 0.1) is 24.8 Å². The molecule has 6 heteroatoms. The van der Waals surface area contributed by atoms with E-state index in [0.29, 0.717) is 25.3 Å². The van der Waals surface area contributed by atoms with Gasteiger partial charge in [0.1, 0.15) is 17.7 Å². The van der Waals surface area contributed by atoms with E-state index in [1.54, 1.807) is 18.3 Å². The summed E-state index contributed by atoms with van der Waals surface area (Å²) in [5.74, 6) is 0.482. The molecule has 1 aromatic carbocycles. The van der Waals surface area contributed by atoms with E-state index < -0.39 is 0 Å². The highest BCUT2D eigenvalue weighted by Gasteiger charge is 2.22. The van der Waals surface area contributed by atoms with E-state index in [-0.39, 0.29) is 11.9 Å². The number of hydrogen-bond donors (Lipinski definition) is 1. The fraction of sp³-hybridized carbons (Fsp3) is 0.333. The minimum Gasteiger partial charge on any atom is -0.379 e. The molecular weight excluding hydrogens is 307 g/mol. The molecule has 2 aromatic rings. The highest BCUT2D eigenvalue weighted by Crippen LogP contribution is 2.23. The van der Waals surface area contributed by atoms with Crippen molar-refractivity contribution in [3.63, 3.8) is 0 Å². The van der Waals surface area contributed by atoms with E-state index in [1.165, 1.54) is 12.1 Å². The summed E-state index contributed by atoms with van der Waals surface area (Å²) in [6.07, 6.45) is 1.55. The first-order chi connectivity index (χ1) is 11.8. The Hall–Kier alpha value is -2.49. The van der Waals surface area contributed by atoms with Crippen molar-refractivity contribution in [3.8, 4) is 6.07 Å². The number of anilines is 1. The molecule has 24 heavy (non-hydrogen) atoms. The molecule has 1 unspecified atom stereocenters. The minimum absolute atomic E-state index is 0.104. The standard InChI is InChI=1S/C18H19FN4O/c19-16-4-2-15(3-5-16)17(23-7-9-24-10-8-23)13-22-18-6-1-14(11-20)12-21-18/h1-6,12,17H,7-10,13H2,(H,21,22). The van der Waals surface area contributed by atoms with E-state index in [0.717, 1.165) is 24.5 Å². The van der Waals surface area contributed by atoms with Gasteiger partial charge in [-0.05, 0) is 29.8 Å². The first kappa shape index (κ1) is 16.4. The number of aromatic nitrogens is 1. The molecule has 1 saturated heterocycles. The number of rotatable bonds is 5. The Kier molecular flexibility index (Phi) is 5.36. The quantitative estimate of drug-likeness (QED) is 0.915. The van der Waals surface area contributed by atoms with Gasteiger partial charge in [-0.15, -0.1) is 0 Å². The van der Waals surface area contributed by atoms with Crippen LogP contribution in [0, 0.1) is 17.1 Å². The smallest absolute Gasteiger partial charge is 0.126 e. The number of morpholine rings is 1. The summed E-state index contributed by atoms with van der Waals surface area (Å²) in [7, 11) is 0. The molecule has 0 aliphatic carbocycles. The molecule has 2 heterocycles. The van der Waals surface area contributed by atoms with Crippen LogP contribution in [0.1, 0.15) is 17.2 Å². The van der Waals surface area contributed by atoms with Crippen LogP contribution in [0.5, 0.6) is 0 Å². The van der Waals surface area contributed by atoms with Crippen LogP contribution in [-0.4, -0.2) is 42.7 Å². The van der Waals surface area contributed by atoms with Gasteiger partial charge in [-0.25, -0.2) is 9.37 Å². The van der Waals surface area contributed by atoms with Gasteiger partial charge in [0.25, 0.3) is 0 Å². The maximum Gasteiger partial charge on any atom is 0.126 e. The van der Waals surface area contributed by atoms with Crippen molar-refractivity contribution in [3.05, 3.63) is 59.5 Å². The normalized spacial score (nSPS) is 16.3. The van der Waals surface area contributed by atoms with Crippen LogP contribution in [0.3, 0.4) is 0 Å². The van der Waals surface area contributed by atoms with E-state index in [9.17, 15) is 4.39 Å². The van der Waals surface area contributed by atoms with E-state index in [4.69, 9.17) is 10.00 Å². The molecule has 5 nitrogen and oxygen atoms in total. The zero-order chi connectivity index (χ0) is 16.8. The average molecular weight is 326 g/mol. The monoisotopic (exact) mass is 326 g/mol. The van der Waals surface area contributed by atoms with Crippen LogP contribution in [0.2, 0.25) is 0 Å². The molecule has 0 spiro atoms. The molecule has 0 saturated carbocycles. The Balaban J connectivity index is 1.73. The Morgan fingerprint density at radius 1 is 1.21 bits per heavy atom. The predicted octanol–water partition coefficient (Wildman–Crippen LogP) is 2.58. The fourth-order valence-electron chi connectivity index (χ4n) is 2.80. The summed E-state index contributed by atoms with van der Waals surface area (Å²) in [5.41, 5.74) is 1.59. The van der Waals surface area contributed by atoms with Crippen molar-refractivity contribution < 1.29 is 9.13 Å². The lowest BCUT2D eigenvalue weighted by molar-refractivity contribution is 0.0187. The number of nitriles is 1. The third-order valence-corrected chi connectivity index (χ3v) is 4.11. The SMILES string of the molecule is N#Cc1ccc(NCC(c2ccc(F)cc2)N2CCOCC2)nc1. The van der Waals surface area contributed by atoms with E-state index in [2.05, 4.69) is 21.3 Å². The van der Waals surface area contributed by atoms with Crippen LogP contribution >= 0.6 is 0 Å². The highest BCUT2D eigenvalue weighted by atomic mass is 19.1. The van der Waals surface area contributed by atoms with Gasteiger partial charge in [-0.1, -0.05) is 12.1 Å². The predicted molar refractivity (Wildman–Crippen MR) is 89.0 cm³/mol. The van der Waals surface area contributed by atoms with Gasteiger partial charge >= 0.3 is 0 Å². The van der Waals surface area contributed by atoms with Crippen LogP contribution in [0.15, 0.2) is 42.6 Å². The minimum atomic E-state index is -0.235. The first-order valence-corrected chi connectivity index (χ1v) is 7.93. The molecule has 0 bridgehead atoms. The molecule has 1 aromatic heterocycles. The molecule has 1 N–H and O–H groups in total. The molecule has 0 amide bonds. The lowest BCUT2D eigenvalue weighted by Crippen LogP contribution is -2.41. The number of nitrogens with one attached hydrogen (secondary N) is 1. The van der Waals surface area contributed by atoms with Crippen LogP contribution in [0.25, 0.3) is 0 Å². The molecule has 1 aliphatic heterocycles. The number of benzene rings is 1. The van der Waals surface area contributed by atoms with Crippen molar-refractivity contribution in [2.45, 2.75) is 6.04 Å². The number of hydrogen-bond acceptors (Lipinski definition) is 5. The topological polar surface area (TPSA) is 61.2 Å². The lowest BCUT2D eigenvalue weighted by Gasteiger charge is -2.35. The summed E-state index contributed by atoms with van der Waals surface area (Å²) in [6, 6.07) is 12.3. The zero-order valence-electron chi connectivity index (χ0n) is 13.3. The van der Waals surface area contributed by atoms with Crippen molar-refractivity contribution in [1.82, 2.24) is 9.88 Å². The molecular formula is C18H19FN4O. The average Bonchev–Trinajstić information content (AvgIpc) is 2.65. The van der Waals surface area contributed by atoms with Crippen LogP contribution < -0.4 is 5.32 Å². The van der Waals surface area contributed by atoms with Crippen LogP contribution in [-0.2, 0) is 4.74 Å². The zero-order valence-corrected chi connectivity index (χ0v) is 13.3. The van der Waals surface area contributed by atoms with Crippen molar-refractivity contribution in [2.75, 3.05) is 38.2 Å². The van der Waals surface area contributed by atoms with E-state index in [1.807, 2.05) is 12.1 Å². The van der Waals surface area contributed by atoms with Gasteiger partial charge in [-0.2, -0.15) is 5.26 Å². The maximum atomic E-state index is 13.2. The number of halogens is 1. The summed E-state index contributed by atoms with van der Waals surface area (Å²) in [5, 5.41) is 12.1. The summed E-state index contributed by atoms with van der Waals surface area (Å²) in [6.45, 7) is 3.72. The summed E-state index contributed by atoms with van der Waals surface area (Å²) in [4.78, 5) is 6.56. The molecule has 1 aliphatic rings. The molecule has 0 radical (unpaired) electrons. The Bertz CT molecular complexity index is 690. The maximum absolute atomic E-state index is 13.2. The second kappa shape index (κ2) is 7.86. The lowest BCUT2D eigenvalue weighted by atomic mass is 10.0. The Labute approximate surface area is 140 Å². The molecule has 3 rings (SSSR count). The Morgan fingerprint density at radius 2 is 1.96 bits per heavy atom. The van der Waals surface area contributed by atoms with Gasteiger partial charge in [0.15, 0.2) is 0 Å². The van der Waals surface area contributed by atoms with E-state index >= 15 is 0 Å². The number of ether oxygens (including phenoxy) is 1. The van der Waals surface area contributed by atoms with Crippen LogP contribution in [0.4, 0.5) is 10.2 Å². The van der Waals surface area contributed by atoms with Gasteiger partial charge in [0.2, 0.25) is 0 Å². The van der Waals surface area contributed by atoms with Gasteiger partial charge in [-0.3, -0.25) is 4.90 Å². The fourth-order valence-corrected chi connectivity index (χ4v) is 2.80. The summed E-state index contributed by atoms with van der Waals surface area (Å²) >= 11 is 0. The molecule has 1 fully saturated rings. The Morgan fingerprint density at radius 3 is 2.58 bits per heavy atom. The highest BCUT2D eigenvalue weighted by molar-refractivity contribution is 5.39. The second-order valence-electron chi connectivity index (χ2n) is 5.64. The van der Waals surface area contributed by atoms with Gasteiger partial charge in [0, 0.05) is 25.8 Å².